The van der Waals surface area contributed by atoms with Crippen LogP contribution in [0.1, 0.15) is 174 Å². The Morgan fingerprint density at radius 1 is 0.549 bits per heavy atom. The van der Waals surface area contributed by atoms with Gasteiger partial charge in [0.2, 0.25) is 0 Å². The van der Waals surface area contributed by atoms with Crippen molar-refractivity contribution in [2.75, 3.05) is 19.8 Å². The molecule has 12 nitrogen and oxygen atoms in total. The zero-order valence-corrected chi connectivity index (χ0v) is 32.8. The first-order valence-electron chi connectivity index (χ1n) is 20.4. The zero-order chi connectivity index (χ0) is 37.7. The van der Waals surface area contributed by atoms with Crippen LogP contribution in [-0.4, -0.2) is 98.9 Å². The molecule has 0 spiro atoms. The van der Waals surface area contributed by atoms with Gasteiger partial charge in [0.05, 0.1) is 13.2 Å². The predicted octanol–water partition coefficient (Wildman–Crippen LogP) is 7.03. The molecule has 0 saturated heterocycles. The number of phosphoric ester groups is 1. The number of phosphoric acid groups is 1. The lowest BCUT2D eigenvalue weighted by atomic mass is 9.85. The minimum atomic E-state index is -5.00. The molecule has 0 aliphatic heterocycles. The molecule has 0 heterocycles. The van der Waals surface area contributed by atoms with E-state index < -0.39 is 63.1 Å². The van der Waals surface area contributed by atoms with Crippen LogP contribution in [0.15, 0.2) is 0 Å². The average Bonchev–Trinajstić information content (AvgIpc) is 3.11. The van der Waals surface area contributed by atoms with Gasteiger partial charge in [-0.1, -0.05) is 155 Å². The third-order valence-electron chi connectivity index (χ3n) is 9.73. The van der Waals surface area contributed by atoms with Crippen LogP contribution in [0.5, 0.6) is 0 Å². The molecule has 0 radical (unpaired) electrons. The van der Waals surface area contributed by atoms with Crippen LogP contribution in [0.25, 0.3) is 0 Å². The highest BCUT2D eigenvalue weighted by molar-refractivity contribution is 7.47. The molecule has 0 aromatic heterocycles. The van der Waals surface area contributed by atoms with Crippen LogP contribution < -0.4 is 0 Å². The summed E-state index contributed by atoms with van der Waals surface area (Å²) in [5, 5.41) is 50.0. The summed E-state index contributed by atoms with van der Waals surface area (Å²) in [5.74, 6) is -0.476. The van der Waals surface area contributed by atoms with Crippen molar-refractivity contribution in [3.8, 4) is 0 Å². The Hall–Kier alpha value is -0.660. The highest BCUT2D eigenvalue weighted by atomic mass is 31.2. The lowest BCUT2D eigenvalue weighted by Gasteiger charge is -2.41. The van der Waals surface area contributed by atoms with Gasteiger partial charge in [-0.25, -0.2) is 4.57 Å². The van der Waals surface area contributed by atoms with Gasteiger partial charge in [0.1, 0.15) is 42.7 Å². The van der Waals surface area contributed by atoms with Crippen molar-refractivity contribution in [2.24, 2.45) is 0 Å². The van der Waals surface area contributed by atoms with Crippen LogP contribution >= 0.6 is 7.82 Å². The topological polar surface area (TPSA) is 192 Å². The third kappa shape index (κ3) is 23.7. The number of ether oxygens (including phenoxy) is 2. The molecule has 51 heavy (non-hydrogen) atoms. The maximum atomic E-state index is 12.7. The fourth-order valence-electron chi connectivity index (χ4n) is 6.41. The zero-order valence-electron chi connectivity index (χ0n) is 31.9. The smallest absolute Gasteiger partial charge is 0.457 e. The van der Waals surface area contributed by atoms with Crippen molar-refractivity contribution < 1.29 is 58.3 Å². The van der Waals surface area contributed by atoms with Crippen molar-refractivity contribution in [2.45, 2.75) is 217 Å². The van der Waals surface area contributed by atoms with Crippen LogP contribution in [0.3, 0.4) is 0 Å². The lowest BCUT2D eigenvalue weighted by Crippen LogP contribution is -2.64. The van der Waals surface area contributed by atoms with E-state index in [0.29, 0.717) is 13.0 Å². The van der Waals surface area contributed by atoms with E-state index in [1.807, 2.05) is 0 Å². The van der Waals surface area contributed by atoms with Crippen LogP contribution in [-0.2, 0) is 27.9 Å². The minimum absolute atomic E-state index is 0.0689. The standard InChI is InChI=1S/C38H75O12P/c1-3-5-7-9-11-13-15-16-18-20-22-24-26-28-47-29-31(49-32(39)27-25-23-21-19-17-14-12-10-8-6-4-2)30-48-51(45,46)50-38-36(43)34(41)33(40)35(42)37(38)44/h31,33-38,40-44H,3-30H2,1-2H3,(H,45,46). The Labute approximate surface area is 308 Å². The highest BCUT2D eigenvalue weighted by Gasteiger charge is 2.51. The van der Waals surface area contributed by atoms with E-state index in [2.05, 4.69) is 13.8 Å². The van der Waals surface area contributed by atoms with Gasteiger partial charge in [0.25, 0.3) is 0 Å². The summed E-state index contributed by atoms with van der Waals surface area (Å²) in [6.07, 6.45) is 16.1. The molecule has 0 bridgehead atoms. The Balaban J connectivity index is 2.45. The number of esters is 1. The summed E-state index contributed by atoms with van der Waals surface area (Å²) in [7, 11) is -5.00. The molecule has 1 aliphatic carbocycles. The molecular weight excluding hydrogens is 679 g/mol. The van der Waals surface area contributed by atoms with Gasteiger partial charge in [0, 0.05) is 13.0 Å². The van der Waals surface area contributed by atoms with Gasteiger partial charge in [-0.15, -0.1) is 0 Å². The quantitative estimate of drug-likeness (QED) is 0.0224. The summed E-state index contributed by atoms with van der Waals surface area (Å²) in [6.45, 7) is 4.25. The first-order valence-corrected chi connectivity index (χ1v) is 21.9. The molecule has 1 fully saturated rings. The number of aliphatic hydroxyl groups is 5. The van der Waals surface area contributed by atoms with Crippen molar-refractivity contribution in [3.05, 3.63) is 0 Å². The first-order chi connectivity index (χ1) is 24.5. The monoisotopic (exact) mass is 754 g/mol. The van der Waals surface area contributed by atoms with Gasteiger partial charge < -0.3 is 39.9 Å². The number of unbranched alkanes of at least 4 members (excludes halogenated alkanes) is 22. The summed E-state index contributed by atoms with van der Waals surface area (Å²) in [6, 6.07) is 0. The van der Waals surface area contributed by atoms with Gasteiger partial charge in [0.15, 0.2) is 0 Å². The van der Waals surface area contributed by atoms with E-state index in [0.717, 1.165) is 38.5 Å². The van der Waals surface area contributed by atoms with Gasteiger partial charge in [-0.05, 0) is 12.8 Å². The summed E-state index contributed by atoms with van der Waals surface area (Å²) in [5.41, 5.74) is 0. The van der Waals surface area contributed by atoms with Crippen molar-refractivity contribution in [1.29, 1.82) is 0 Å². The number of hydrogen-bond donors (Lipinski definition) is 6. The van der Waals surface area contributed by atoms with E-state index in [9.17, 15) is 39.8 Å². The van der Waals surface area contributed by atoms with Gasteiger partial charge >= 0.3 is 13.8 Å². The molecular formula is C38H75O12P. The fourth-order valence-corrected chi connectivity index (χ4v) is 7.39. The Kier molecular flexibility index (Phi) is 29.1. The largest absolute Gasteiger partial charge is 0.472 e. The molecule has 0 amide bonds. The molecule has 1 rings (SSSR count). The molecule has 13 heteroatoms. The Bertz CT molecular complexity index is 864. The van der Waals surface area contributed by atoms with Crippen LogP contribution in [0.4, 0.5) is 0 Å². The van der Waals surface area contributed by atoms with Crippen molar-refractivity contribution >= 4 is 13.8 Å². The highest BCUT2D eigenvalue weighted by Crippen LogP contribution is 2.47. The molecule has 0 aromatic rings. The normalized spacial score (nSPS) is 24.0. The maximum Gasteiger partial charge on any atom is 0.472 e. The van der Waals surface area contributed by atoms with Gasteiger partial charge in [-0.2, -0.15) is 0 Å². The number of carbonyl (C=O) groups is 1. The molecule has 1 saturated carbocycles. The first kappa shape index (κ1) is 48.4. The Morgan fingerprint density at radius 2 is 0.922 bits per heavy atom. The van der Waals surface area contributed by atoms with Crippen LogP contribution in [0, 0.1) is 0 Å². The van der Waals surface area contributed by atoms with E-state index in [-0.39, 0.29) is 13.0 Å². The second-order valence-electron chi connectivity index (χ2n) is 14.5. The summed E-state index contributed by atoms with van der Waals surface area (Å²) < 4.78 is 34.0. The Morgan fingerprint density at radius 3 is 1.35 bits per heavy atom. The maximum absolute atomic E-state index is 12.7. The SMILES string of the molecule is CCCCCCCCCCCCCCCOCC(COP(=O)(O)OC1C(O)C(O)C(O)C(O)C1O)OC(=O)CCCCCCCCCCCCC. The second kappa shape index (κ2) is 30.6. The minimum Gasteiger partial charge on any atom is -0.457 e. The number of rotatable bonds is 34. The van der Waals surface area contributed by atoms with Crippen molar-refractivity contribution in [3.63, 3.8) is 0 Å². The number of hydrogen-bond acceptors (Lipinski definition) is 11. The number of carbonyl (C=O) groups excluding carboxylic acids is 1. The molecule has 6 atom stereocenters. The van der Waals surface area contributed by atoms with Crippen LogP contribution in [0.2, 0.25) is 0 Å². The van der Waals surface area contributed by atoms with E-state index in [4.69, 9.17) is 18.5 Å². The molecule has 304 valence electrons. The van der Waals surface area contributed by atoms with E-state index in [1.165, 1.54) is 109 Å². The third-order valence-corrected chi connectivity index (χ3v) is 10.7. The number of aliphatic hydroxyl groups excluding tert-OH is 5. The molecule has 0 aromatic carbocycles. The fraction of sp³-hybridized carbons (Fsp3) is 0.974. The molecule has 6 unspecified atom stereocenters. The predicted molar refractivity (Wildman–Crippen MR) is 198 cm³/mol. The second-order valence-corrected chi connectivity index (χ2v) is 15.9. The lowest BCUT2D eigenvalue weighted by molar-refractivity contribution is -0.220. The summed E-state index contributed by atoms with van der Waals surface area (Å²) in [4.78, 5) is 23.0. The van der Waals surface area contributed by atoms with E-state index >= 15 is 0 Å². The van der Waals surface area contributed by atoms with Crippen molar-refractivity contribution in [1.82, 2.24) is 0 Å². The summed E-state index contributed by atoms with van der Waals surface area (Å²) >= 11 is 0. The van der Waals surface area contributed by atoms with Gasteiger partial charge in [-0.3, -0.25) is 13.8 Å². The average molecular weight is 755 g/mol. The molecule has 1 aliphatic rings. The molecule has 6 N–H and O–H groups in total. The van der Waals surface area contributed by atoms with E-state index in [1.54, 1.807) is 0 Å².